The second-order valence-electron chi connectivity index (χ2n) is 6.58. The van der Waals surface area contributed by atoms with Crippen LogP contribution in [-0.4, -0.2) is 39.3 Å². The number of unbranched alkanes of at least 4 members (excludes halogenated alkanes) is 1. The van der Waals surface area contributed by atoms with E-state index in [9.17, 15) is 0 Å². The predicted molar refractivity (Wildman–Crippen MR) is 130 cm³/mol. The number of nitrogens with zero attached hydrogens (tertiary/aromatic N) is 1. The molecule has 0 bridgehead atoms. The Morgan fingerprint density at radius 3 is 2.29 bits per heavy atom. The van der Waals surface area contributed by atoms with Crippen LogP contribution < -0.4 is 10.6 Å². The summed E-state index contributed by atoms with van der Waals surface area (Å²) in [5, 5.41) is 6.90. The summed E-state index contributed by atoms with van der Waals surface area (Å²) in [6.07, 6.45) is 3.15. The molecule has 154 valence electrons. The van der Waals surface area contributed by atoms with Gasteiger partial charge in [0, 0.05) is 39.3 Å². The molecule has 28 heavy (non-hydrogen) atoms. The van der Waals surface area contributed by atoms with Crippen LogP contribution in [0.3, 0.4) is 0 Å². The van der Waals surface area contributed by atoms with E-state index in [1.54, 1.807) is 0 Å². The second-order valence-corrected chi connectivity index (χ2v) is 6.58. The lowest BCUT2D eigenvalue weighted by molar-refractivity contribution is 0.143. The molecule has 0 aliphatic heterocycles. The maximum Gasteiger partial charge on any atom is 0.190 e. The van der Waals surface area contributed by atoms with E-state index in [1.165, 1.54) is 11.1 Å². The maximum absolute atomic E-state index is 5.38. The molecule has 0 heterocycles. The van der Waals surface area contributed by atoms with Crippen molar-refractivity contribution in [2.75, 3.05) is 33.4 Å². The summed E-state index contributed by atoms with van der Waals surface area (Å²) >= 11 is 0. The van der Waals surface area contributed by atoms with Crippen molar-refractivity contribution < 1.29 is 4.74 Å². The van der Waals surface area contributed by atoms with Gasteiger partial charge in [0.05, 0.1) is 0 Å². The molecule has 0 saturated carbocycles. The molecule has 0 aliphatic rings. The number of guanidine groups is 1. The molecule has 2 aromatic carbocycles. The number of nitrogens with one attached hydrogen (secondary N) is 2. The van der Waals surface area contributed by atoms with Crippen molar-refractivity contribution in [1.29, 1.82) is 0 Å². The minimum Gasteiger partial charge on any atom is -0.382 e. The minimum absolute atomic E-state index is 0. The van der Waals surface area contributed by atoms with Crippen LogP contribution in [0.1, 0.15) is 36.8 Å². The van der Waals surface area contributed by atoms with E-state index in [4.69, 9.17) is 4.74 Å². The van der Waals surface area contributed by atoms with E-state index in [0.29, 0.717) is 5.92 Å². The van der Waals surface area contributed by atoms with E-state index in [1.807, 2.05) is 14.0 Å². The van der Waals surface area contributed by atoms with Crippen LogP contribution in [0.15, 0.2) is 65.7 Å². The van der Waals surface area contributed by atoms with Crippen LogP contribution in [0.2, 0.25) is 0 Å². The number of rotatable bonds is 11. The topological polar surface area (TPSA) is 45.6 Å². The zero-order valence-electron chi connectivity index (χ0n) is 17.1. The van der Waals surface area contributed by atoms with Crippen molar-refractivity contribution in [1.82, 2.24) is 10.6 Å². The van der Waals surface area contributed by atoms with Gasteiger partial charge in [0.2, 0.25) is 0 Å². The summed E-state index contributed by atoms with van der Waals surface area (Å²) in [5.74, 6) is 1.26. The van der Waals surface area contributed by atoms with E-state index in [-0.39, 0.29) is 24.0 Å². The van der Waals surface area contributed by atoms with E-state index >= 15 is 0 Å². The normalized spacial score (nSPS) is 12.1. The fourth-order valence-corrected chi connectivity index (χ4v) is 3.05. The fraction of sp³-hybridized carbons (Fsp3) is 0.435. The van der Waals surface area contributed by atoms with Gasteiger partial charge in [-0.25, -0.2) is 0 Å². The highest BCUT2D eigenvalue weighted by Gasteiger charge is 2.13. The summed E-state index contributed by atoms with van der Waals surface area (Å²) < 4.78 is 5.38. The van der Waals surface area contributed by atoms with E-state index in [2.05, 4.69) is 76.3 Å². The van der Waals surface area contributed by atoms with Crippen molar-refractivity contribution in [2.45, 2.75) is 32.1 Å². The van der Waals surface area contributed by atoms with Gasteiger partial charge in [-0.05, 0) is 37.3 Å². The molecule has 1 atom stereocenters. The highest BCUT2D eigenvalue weighted by atomic mass is 127. The first-order valence-corrected chi connectivity index (χ1v) is 9.94. The van der Waals surface area contributed by atoms with Gasteiger partial charge >= 0.3 is 0 Å². The number of benzene rings is 2. The van der Waals surface area contributed by atoms with Gasteiger partial charge in [-0.2, -0.15) is 0 Å². The molecule has 0 spiro atoms. The third kappa shape index (κ3) is 9.55. The molecule has 4 nitrogen and oxygen atoms in total. The van der Waals surface area contributed by atoms with Crippen molar-refractivity contribution in [3.63, 3.8) is 0 Å². The van der Waals surface area contributed by atoms with Gasteiger partial charge in [-0.1, -0.05) is 60.7 Å². The molecule has 0 aliphatic carbocycles. The van der Waals surface area contributed by atoms with Crippen molar-refractivity contribution >= 4 is 29.9 Å². The van der Waals surface area contributed by atoms with Crippen LogP contribution in [0.5, 0.6) is 0 Å². The summed E-state index contributed by atoms with van der Waals surface area (Å²) in [6, 6.07) is 21.4. The van der Waals surface area contributed by atoms with E-state index in [0.717, 1.165) is 51.5 Å². The molecule has 1 unspecified atom stereocenters. The Labute approximate surface area is 187 Å². The molecule has 0 amide bonds. The van der Waals surface area contributed by atoms with Crippen LogP contribution in [0, 0.1) is 0 Å². The molecule has 5 heteroatoms. The number of aliphatic imine (C=N–C) groups is 1. The Balaban J connectivity index is 0.00000392. The molecule has 0 saturated heterocycles. The molecule has 0 radical (unpaired) electrons. The number of hydrogen-bond donors (Lipinski definition) is 2. The van der Waals surface area contributed by atoms with Gasteiger partial charge < -0.3 is 15.4 Å². The highest BCUT2D eigenvalue weighted by molar-refractivity contribution is 14.0. The number of halogens is 1. The zero-order chi connectivity index (χ0) is 19.2. The standard InChI is InChI=1S/C23H33N3O.HI/c1-3-27-17-11-10-16-25-23(24-2)26-19-22(21-14-8-5-9-15-21)18-20-12-6-4-7-13-20;/h4-9,12-15,22H,3,10-11,16-19H2,1-2H3,(H2,24,25,26);1H. The Kier molecular flexibility index (Phi) is 13.4. The lowest BCUT2D eigenvalue weighted by Crippen LogP contribution is -2.40. The summed E-state index contributed by atoms with van der Waals surface area (Å²) in [4.78, 5) is 4.36. The molecule has 2 rings (SSSR count). The third-order valence-electron chi connectivity index (χ3n) is 4.55. The SMILES string of the molecule is CCOCCCCNC(=NC)NCC(Cc1ccccc1)c1ccccc1.I. The van der Waals surface area contributed by atoms with Gasteiger partial charge in [0.15, 0.2) is 5.96 Å². The summed E-state index contributed by atoms with van der Waals surface area (Å²) in [7, 11) is 1.82. The quantitative estimate of drug-likeness (QED) is 0.207. The van der Waals surface area contributed by atoms with Crippen molar-refractivity contribution in [3.8, 4) is 0 Å². The summed E-state index contributed by atoms with van der Waals surface area (Å²) in [6.45, 7) is 5.40. The van der Waals surface area contributed by atoms with Gasteiger partial charge in [0.25, 0.3) is 0 Å². The Bertz CT molecular complexity index is 649. The lowest BCUT2D eigenvalue weighted by atomic mass is 9.92. The van der Waals surface area contributed by atoms with Crippen LogP contribution in [-0.2, 0) is 11.2 Å². The Morgan fingerprint density at radius 1 is 0.964 bits per heavy atom. The lowest BCUT2D eigenvalue weighted by Gasteiger charge is -2.20. The molecule has 0 aromatic heterocycles. The number of hydrogen-bond acceptors (Lipinski definition) is 2. The van der Waals surface area contributed by atoms with Crippen molar-refractivity contribution in [2.24, 2.45) is 4.99 Å². The minimum atomic E-state index is 0. The first-order chi connectivity index (χ1) is 13.3. The van der Waals surface area contributed by atoms with Gasteiger partial charge in [-0.15, -0.1) is 24.0 Å². The molecular formula is C23H34IN3O. The predicted octanol–water partition coefficient (Wildman–Crippen LogP) is 4.61. The maximum atomic E-state index is 5.38. The number of ether oxygens (including phenoxy) is 1. The largest absolute Gasteiger partial charge is 0.382 e. The average Bonchev–Trinajstić information content (AvgIpc) is 2.73. The Morgan fingerprint density at radius 2 is 1.64 bits per heavy atom. The van der Waals surface area contributed by atoms with Gasteiger partial charge in [-0.3, -0.25) is 4.99 Å². The fourth-order valence-electron chi connectivity index (χ4n) is 3.05. The first kappa shape index (κ1) is 24.4. The molecule has 2 aromatic rings. The second kappa shape index (κ2) is 15.3. The van der Waals surface area contributed by atoms with E-state index < -0.39 is 0 Å². The first-order valence-electron chi connectivity index (χ1n) is 9.94. The van der Waals surface area contributed by atoms with Gasteiger partial charge in [0.1, 0.15) is 0 Å². The van der Waals surface area contributed by atoms with Crippen LogP contribution in [0.4, 0.5) is 0 Å². The third-order valence-corrected chi connectivity index (χ3v) is 4.55. The Hall–Kier alpha value is -1.60. The molecule has 0 fully saturated rings. The summed E-state index contributed by atoms with van der Waals surface area (Å²) in [5.41, 5.74) is 2.70. The highest BCUT2D eigenvalue weighted by Crippen LogP contribution is 2.20. The molecular weight excluding hydrogens is 461 g/mol. The smallest absolute Gasteiger partial charge is 0.190 e. The molecule has 2 N–H and O–H groups in total. The van der Waals surface area contributed by atoms with Crippen LogP contribution in [0.25, 0.3) is 0 Å². The average molecular weight is 495 g/mol. The van der Waals surface area contributed by atoms with Crippen LogP contribution >= 0.6 is 24.0 Å². The zero-order valence-corrected chi connectivity index (χ0v) is 19.4. The van der Waals surface area contributed by atoms with Crippen molar-refractivity contribution in [3.05, 3.63) is 71.8 Å². The monoisotopic (exact) mass is 495 g/mol.